The van der Waals surface area contributed by atoms with Gasteiger partial charge in [-0.15, -0.1) is 0 Å². The molecule has 0 heterocycles. The van der Waals surface area contributed by atoms with Gasteiger partial charge in [-0.1, -0.05) is 29.3 Å². The van der Waals surface area contributed by atoms with Gasteiger partial charge in [0.2, 0.25) is 0 Å². The zero-order valence-electron chi connectivity index (χ0n) is 9.23. The van der Waals surface area contributed by atoms with E-state index in [1.165, 1.54) is 0 Å². The summed E-state index contributed by atoms with van der Waals surface area (Å²) in [5.41, 5.74) is 1.33. The Labute approximate surface area is 118 Å². The Morgan fingerprint density at radius 3 is 2.00 bits per heavy atom. The Hall–Kier alpha value is -0.380. The Morgan fingerprint density at radius 1 is 1.18 bits per heavy atom. The van der Waals surface area contributed by atoms with Crippen molar-refractivity contribution >= 4 is 49.6 Å². The first kappa shape index (κ1) is 14.7. The van der Waals surface area contributed by atoms with E-state index in [2.05, 4.69) is 15.9 Å². The van der Waals surface area contributed by atoms with E-state index in [0.29, 0.717) is 27.6 Å². The second-order valence-corrected chi connectivity index (χ2v) is 5.23. The predicted molar refractivity (Wildman–Crippen MR) is 73.1 cm³/mol. The minimum Gasteiger partial charge on any atom is -0.276 e. The Balaban J connectivity index is 3.36. The molecule has 1 aromatic carbocycles. The molecule has 0 saturated heterocycles. The van der Waals surface area contributed by atoms with Crippen molar-refractivity contribution in [3.05, 3.63) is 33.3 Å². The van der Waals surface area contributed by atoms with Crippen LogP contribution >= 0.6 is 39.1 Å². The molecule has 1 rings (SSSR count). The number of benzene rings is 1. The van der Waals surface area contributed by atoms with Crippen molar-refractivity contribution in [2.45, 2.75) is 26.2 Å². The van der Waals surface area contributed by atoms with Crippen molar-refractivity contribution in [2.75, 3.05) is 0 Å². The first-order valence-electron chi connectivity index (χ1n) is 5.19. The van der Waals surface area contributed by atoms with Gasteiger partial charge < -0.3 is 0 Å². The van der Waals surface area contributed by atoms with Crippen LogP contribution in [-0.2, 0) is 6.42 Å². The highest BCUT2D eigenvalue weighted by Gasteiger charge is 2.17. The van der Waals surface area contributed by atoms with E-state index in [4.69, 9.17) is 23.2 Å². The highest BCUT2D eigenvalue weighted by Crippen LogP contribution is 2.26. The van der Waals surface area contributed by atoms with Crippen LogP contribution in [0.2, 0.25) is 0 Å². The SMILES string of the molecule is CCCCc1c(C(=O)Cl)cc(Br)cc1C(=O)Cl. The molecule has 92 valence electrons. The summed E-state index contributed by atoms with van der Waals surface area (Å²) in [5.74, 6) is 0. The van der Waals surface area contributed by atoms with Gasteiger partial charge in [0.1, 0.15) is 0 Å². The molecule has 0 unspecified atom stereocenters. The van der Waals surface area contributed by atoms with Crippen molar-refractivity contribution in [1.29, 1.82) is 0 Å². The third kappa shape index (κ3) is 3.80. The van der Waals surface area contributed by atoms with Gasteiger partial charge in [-0.2, -0.15) is 0 Å². The van der Waals surface area contributed by atoms with E-state index in [1.807, 2.05) is 6.92 Å². The summed E-state index contributed by atoms with van der Waals surface area (Å²) in [4.78, 5) is 22.7. The largest absolute Gasteiger partial charge is 0.276 e. The minimum absolute atomic E-state index is 0.346. The molecule has 0 radical (unpaired) electrons. The van der Waals surface area contributed by atoms with Crippen LogP contribution in [-0.4, -0.2) is 10.5 Å². The number of halogens is 3. The van der Waals surface area contributed by atoms with Crippen LogP contribution in [0.15, 0.2) is 16.6 Å². The fourth-order valence-electron chi connectivity index (χ4n) is 1.61. The molecular formula is C12H11BrCl2O2. The zero-order chi connectivity index (χ0) is 13.0. The smallest absolute Gasteiger partial charge is 0.252 e. The molecule has 0 aliphatic heterocycles. The molecule has 0 aliphatic rings. The summed E-state index contributed by atoms with van der Waals surface area (Å²) in [5, 5.41) is -1.15. The van der Waals surface area contributed by atoms with E-state index in [9.17, 15) is 9.59 Å². The molecule has 1 aromatic rings. The van der Waals surface area contributed by atoms with E-state index in [0.717, 1.165) is 12.8 Å². The van der Waals surface area contributed by atoms with Gasteiger partial charge in [-0.3, -0.25) is 9.59 Å². The molecular weight excluding hydrogens is 327 g/mol. The fourth-order valence-corrected chi connectivity index (χ4v) is 2.41. The highest BCUT2D eigenvalue weighted by molar-refractivity contribution is 9.10. The van der Waals surface area contributed by atoms with E-state index in [1.54, 1.807) is 12.1 Å². The number of hydrogen-bond acceptors (Lipinski definition) is 2. The van der Waals surface area contributed by atoms with E-state index >= 15 is 0 Å². The molecule has 0 aliphatic carbocycles. The summed E-state index contributed by atoms with van der Waals surface area (Å²) in [6, 6.07) is 3.23. The molecule has 0 amide bonds. The van der Waals surface area contributed by atoms with E-state index in [-0.39, 0.29) is 0 Å². The van der Waals surface area contributed by atoms with Gasteiger partial charge >= 0.3 is 0 Å². The zero-order valence-corrected chi connectivity index (χ0v) is 12.3. The second-order valence-electron chi connectivity index (χ2n) is 3.63. The van der Waals surface area contributed by atoms with Gasteiger partial charge in [0, 0.05) is 15.6 Å². The maximum absolute atomic E-state index is 11.3. The molecule has 17 heavy (non-hydrogen) atoms. The topological polar surface area (TPSA) is 34.1 Å². The van der Waals surface area contributed by atoms with Crippen LogP contribution in [0.1, 0.15) is 46.0 Å². The monoisotopic (exact) mass is 336 g/mol. The first-order valence-corrected chi connectivity index (χ1v) is 6.74. The number of hydrogen-bond donors (Lipinski definition) is 0. The van der Waals surface area contributed by atoms with Crippen LogP contribution < -0.4 is 0 Å². The Kier molecular flexibility index (Phi) is 5.63. The fraction of sp³-hybridized carbons (Fsp3) is 0.333. The quantitative estimate of drug-likeness (QED) is 0.738. The molecule has 0 saturated carbocycles. The van der Waals surface area contributed by atoms with Crippen molar-refractivity contribution in [3.8, 4) is 0 Å². The lowest BCUT2D eigenvalue weighted by Crippen LogP contribution is -2.05. The average Bonchev–Trinajstić information content (AvgIpc) is 2.26. The summed E-state index contributed by atoms with van der Waals surface area (Å²) >= 11 is 14.3. The molecule has 0 aromatic heterocycles. The molecule has 0 atom stereocenters. The normalized spacial score (nSPS) is 10.4. The molecule has 0 fully saturated rings. The molecule has 5 heteroatoms. The van der Waals surface area contributed by atoms with Crippen molar-refractivity contribution in [1.82, 2.24) is 0 Å². The molecule has 0 N–H and O–H groups in total. The lowest BCUT2D eigenvalue weighted by atomic mass is 9.97. The van der Waals surface area contributed by atoms with E-state index < -0.39 is 10.5 Å². The summed E-state index contributed by atoms with van der Waals surface area (Å²) in [6.45, 7) is 2.03. The number of carbonyl (C=O) groups excluding carboxylic acids is 2. The van der Waals surface area contributed by atoms with Crippen molar-refractivity contribution < 1.29 is 9.59 Å². The average molecular weight is 338 g/mol. The highest BCUT2D eigenvalue weighted by atomic mass is 79.9. The third-order valence-electron chi connectivity index (χ3n) is 2.42. The van der Waals surface area contributed by atoms with Gasteiger partial charge in [0.05, 0.1) is 0 Å². The van der Waals surface area contributed by atoms with Crippen LogP contribution in [0, 0.1) is 0 Å². The number of rotatable bonds is 5. The number of carbonyl (C=O) groups is 2. The second kappa shape index (κ2) is 6.53. The molecule has 0 bridgehead atoms. The Bertz CT molecular complexity index is 423. The maximum atomic E-state index is 11.3. The lowest BCUT2D eigenvalue weighted by molar-refractivity contribution is 0.108. The van der Waals surface area contributed by atoms with Crippen LogP contribution in [0.25, 0.3) is 0 Å². The van der Waals surface area contributed by atoms with Crippen LogP contribution in [0.5, 0.6) is 0 Å². The van der Waals surface area contributed by atoms with Gasteiger partial charge in [0.25, 0.3) is 10.5 Å². The predicted octanol–water partition coefficient (Wildman–Crippen LogP) is 4.55. The van der Waals surface area contributed by atoms with Crippen LogP contribution in [0.3, 0.4) is 0 Å². The summed E-state index contributed by atoms with van der Waals surface area (Å²) < 4.78 is 0.616. The summed E-state index contributed by atoms with van der Waals surface area (Å²) in [6.07, 6.45) is 2.45. The summed E-state index contributed by atoms with van der Waals surface area (Å²) in [7, 11) is 0. The van der Waals surface area contributed by atoms with Gasteiger partial charge in [0.15, 0.2) is 0 Å². The van der Waals surface area contributed by atoms with Crippen molar-refractivity contribution in [3.63, 3.8) is 0 Å². The van der Waals surface area contributed by atoms with Crippen LogP contribution in [0.4, 0.5) is 0 Å². The van der Waals surface area contributed by atoms with Gasteiger partial charge in [-0.05, 0) is 53.7 Å². The standard InChI is InChI=1S/C12H11BrCl2O2/c1-2-3-4-8-9(11(14)16)5-7(13)6-10(8)12(15)17/h5-6H,2-4H2,1H3. The van der Waals surface area contributed by atoms with Crippen molar-refractivity contribution in [2.24, 2.45) is 0 Å². The minimum atomic E-state index is -0.573. The molecule has 2 nitrogen and oxygen atoms in total. The maximum Gasteiger partial charge on any atom is 0.252 e. The van der Waals surface area contributed by atoms with Gasteiger partial charge in [-0.25, -0.2) is 0 Å². The lowest BCUT2D eigenvalue weighted by Gasteiger charge is -2.10. The third-order valence-corrected chi connectivity index (χ3v) is 3.28. The molecule has 0 spiro atoms. The first-order chi connectivity index (χ1) is 7.97. The Morgan fingerprint density at radius 2 is 1.65 bits per heavy atom. The number of unbranched alkanes of at least 4 members (excludes halogenated alkanes) is 1.